The van der Waals surface area contributed by atoms with Crippen LogP contribution in [0.4, 0.5) is 31.6 Å². The molecule has 2 saturated carbocycles. The zero-order valence-electron chi connectivity index (χ0n) is 44.8. The van der Waals surface area contributed by atoms with Crippen LogP contribution in [0.1, 0.15) is 154 Å². The van der Waals surface area contributed by atoms with Crippen LogP contribution >= 0.6 is 29.8 Å². The zero-order chi connectivity index (χ0) is 54.4. The summed E-state index contributed by atoms with van der Waals surface area (Å²) in [6.45, 7) is 14.5. The van der Waals surface area contributed by atoms with Gasteiger partial charge in [-0.2, -0.15) is 5.10 Å². The fraction of sp³-hybridized carbons (Fsp3) is 0.556. The molecule has 22 heteroatoms. The molecular weight excluding hydrogens is 1050 g/mol. The molecule has 0 spiro atoms. The maximum Gasteiger partial charge on any atom is 0.411 e. The molecule has 1 saturated heterocycles. The molecule has 2 aromatic carbocycles. The number of alkyl carbamates (subject to hydrolysis) is 2. The van der Waals surface area contributed by atoms with E-state index in [1.165, 1.54) is 11.3 Å². The Morgan fingerprint density at radius 2 is 1.26 bits per heavy atom. The first-order valence-electron chi connectivity index (χ1n) is 26.6. The first-order chi connectivity index (χ1) is 36.1. The van der Waals surface area contributed by atoms with Crippen LogP contribution in [0.15, 0.2) is 59.8 Å². The molecule has 1 atom stereocenters. The summed E-state index contributed by atoms with van der Waals surface area (Å²) in [5.41, 5.74) is 2.65. The molecule has 18 nitrogen and oxygen atoms in total. The number of aromatic amines is 1. The van der Waals surface area contributed by atoms with Gasteiger partial charge in [0.05, 0.1) is 36.9 Å². The fourth-order valence-corrected chi connectivity index (χ4v) is 17.4. The molecule has 0 bridgehead atoms. The second-order valence-corrected chi connectivity index (χ2v) is 29.0. The van der Waals surface area contributed by atoms with Crippen LogP contribution < -0.4 is 31.3 Å². The predicted octanol–water partition coefficient (Wildman–Crippen LogP) is 12.2. The number of hydrogen-bond donors (Lipinski definition) is 6. The number of hydrogen-bond acceptors (Lipinski definition) is 15. The summed E-state index contributed by atoms with van der Waals surface area (Å²) in [4.78, 5) is 49.1. The van der Waals surface area contributed by atoms with Gasteiger partial charge in [-0.15, -0.1) is 22.7 Å². The number of nitrogens with zero attached hydrogens (tertiary/aromatic N) is 3. The van der Waals surface area contributed by atoms with Crippen molar-refractivity contribution in [3.8, 4) is 20.9 Å². The number of carbonyl (C=O) groups excluding carboxylic acids is 3. The Hall–Kier alpha value is -5.34. The van der Waals surface area contributed by atoms with Gasteiger partial charge in [0, 0.05) is 93.7 Å². The summed E-state index contributed by atoms with van der Waals surface area (Å²) in [7, 11) is -6.61. The van der Waals surface area contributed by atoms with Crippen LogP contribution in [0.2, 0.25) is 0 Å². The van der Waals surface area contributed by atoms with E-state index in [2.05, 4.69) is 36.2 Å². The van der Waals surface area contributed by atoms with E-state index < -0.39 is 41.0 Å². The Kier molecular flexibility index (Phi) is 18.4. The molecule has 2 aliphatic carbocycles. The minimum Gasteiger partial charge on any atom is -0.447 e. The molecule has 3 fully saturated rings. The number of nitrogens with one attached hydrogen (secondary N) is 6. The molecule has 0 radical (unpaired) electrons. The van der Waals surface area contributed by atoms with E-state index in [-0.39, 0.29) is 47.1 Å². The van der Waals surface area contributed by atoms with E-state index in [9.17, 15) is 27.4 Å². The number of benzene rings is 2. The van der Waals surface area contributed by atoms with Crippen LogP contribution in [-0.4, -0.2) is 95.1 Å². The number of carbonyl (C=O) groups is 3. The Morgan fingerprint density at radius 1 is 0.724 bits per heavy atom. The van der Waals surface area contributed by atoms with Crippen molar-refractivity contribution in [1.82, 2.24) is 35.5 Å². The van der Waals surface area contributed by atoms with Crippen LogP contribution in [0.5, 0.6) is 0 Å². The molecule has 8 rings (SSSR count). The van der Waals surface area contributed by atoms with E-state index in [1.807, 2.05) is 57.3 Å². The van der Waals surface area contributed by atoms with Crippen molar-refractivity contribution in [2.45, 2.75) is 185 Å². The van der Waals surface area contributed by atoms with E-state index in [1.54, 1.807) is 64.3 Å². The number of rotatable bonds is 18. The van der Waals surface area contributed by atoms with Crippen molar-refractivity contribution in [2.75, 3.05) is 23.0 Å². The second-order valence-electron chi connectivity index (χ2n) is 22.0. The van der Waals surface area contributed by atoms with Crippen molar-refractivity contribution in [3.05, 3.63) is 70.6 Å². The highest BCUT2D eigenvalue weighted by atomic mass is 32.2. The number of amides is 3. The summed E-state index contributed by atoms with van der Waals surface area (Å²) in [5, 5.41) is 22.4. The Balaban J connectivity index is 0.816. The average molecular weight is 1120 g/mol. The molecule has 3 amide bonds. The molecular formula is C54H74N9O9PS3. The van der Waals surface area contributed by atoms with Gasteiger partial charge >= 0.3 is 18.3 Å². The lowest BCUT2D eigenvalue weighted by Gasteiger charge is -2.28. The third-order valence-corrected chi connectivity index (χ3v) is 21.3. The number of sulfonamides is 1. The van der Waals surface area contributed by atoms with Gasteiger partial charge in [0.1, 0.15) is 13.2 Å². The number of thiazole rings is 2. The highest BCUT2D eigenvalue weighted by Gasteiger charge is 2.34. The highest BCUT2D eigenvalue weighted by Crippen LogP contribution is 2.54. The molecule has 76 heavy (non-hydrogen) atoms. The molecule has 5 aromatic rings. The summed E-state index contributed by atoms with van der Waals surface area (Å²) < 4.78 is 61.4. The SMILES string of the molecule is CC(C)OC(=O)Nc1ccc(-c2cnc(C3CCC(NC(=O)OC(C)CCc4cc(Nc5ccc(-c6cnc(C7CCC(NC(=O)OC(C)C)CC7)s6)c(S(=O)(=O)NC(C)(C)C)c5)n[nH]4)CC3)s2)c(P2(=O)CCCC2)c1. The number of ether oxygens (including phenoxy) is 3. The van der Waals surface area contributed by atoms with E-state index in [0.717, 1.165) is 101 Å². The van der Waals surface area contributed by atoms with E-state index >= 15 is 0 Å². The lowest BCUT2D eigenvalue weighted by molar-refractivity contribution is 0.0967. The largest absolute Gasteiger partial charge is 0.447 e. The summed E-state index contributed by atoms with van der Waals surface area (Å²) in [6, 6.07) is 12.8. The van der Waals surface area contributed by atoms with Crippen molar-refractivity contribution in [3.63, 3.8) is 0 Å². The van der Waals surface area contributed by atoms with Gasteiger partial charge in [-0.25, -0.2) is 37.5 Å². The van der Waals surface area contributed by atoms with Crippen molar-refractivity contribution in [2.24, 2.45) is 0 Å². The van der Waals surface area contributed by atoms with Gasteiger partial charge in [0.2, 0.25) is 10.0 Å². The second kappa shape index (κ2) is 24.5. The monoisotopic (exact) mass is 1120 g/mol. The molecule has 1 unspecified atom stereocenters. The molecule has 4 heterocycles. The first kappa shape index (κ1) is 56.9. The van der Waals surface area contributed by atoms with Crippen molar-refractivity contribution in [1.29, 1.82) is 0 Å². The molecule has 3 aromatic heterocycles. The molecule has 3 aliphatic rings. The number of aryl methyl sites for hydroxylation is 1. The van der Waals surface area contributed by atoms with Gasteiger partial charge in [0.25, 0.3) is 0 Å². The summed E-state index contributed by atoms with van der Waals surface area (Å²) in [5.74, 6) is 0.953. The maximum absolute atomic E-state index is 14.2. The predicted molar refractivity (Wildman–Crippen MR) is 301 cm³/mol. The van der Waals surface area contributed by atoms with Crippen LogP contribution in [0, 0.1) is 0 Å². The molecule has 6 N–H and O–H groups in total. The molecule has 412 valence electrons. The minimum absolute atomic E-state index is 0.0187. The van der Waals surface area contributed by atoms with Crippen molar-refractivity contribution < 1.29 is 41.6 Å². The van der Waals surface area contributed by atoms with Crippen LogP contribution in [-0.2, 0) is 35.2 Å². The van der Waals surface area contributed by atoms with Gasteiger partial charge in [-0.1, -0.05) is 12.1 Å². The normalized spacial score (nSPS) is 20.2. The number of aromatic nitrogens is 4. The topological polar surface area (TPSA) is 245 Å². The number of H-pyrrole nitrogens is 1. The van der Waals surface area contributed by atoms with Crippen LogP contribution in [0.25, 0.3) is 20.9 Å². The van der Waals surface area contributed by atoms with Gasteiger partial charge < -0.3 is 34.7 Å². The summed E-state index contributed by atoms with van der Waals surface area (Å²) in [6.07, 6.45) is 12.3. The average Bonchev–Trinajstić information content (AvgIpc) is 4.21. The lowest BCUT2D eigenvalue weighted by atomic mass is 9.86. The van der Waals surface area contributed by atoms with Crippen LogP contribution in [0.3, 0.4) is 0 Å². The Morgan fingerprint density at radius 3 is 1.84 bits per heavy atom. The van der Waals surface area contributed by atoms with E-state index in [4.69, 9.17) is 24.2 Å². The number of anilines is 3. The third kappa shape index (κ3) is 15.2. The van der Waals surface area contributed by atoms with Gasteiger partial charge in [-0.3, -0.25) is 10.4 Å². The quantitative estimate of drug-likeness (QED) is 0.0354. The Bertz CT molecular complexity index is 2980. The molecule has 1 aliphatic heterocycles. The van der Waals surface area contributed by atoms with Gasteiger partial charge in [0.15, 0.2) is 5.82 Å². The fourth-order valence-electron chi connectivity index (χ4n) is 10.2. The summed E-state index contributed by atoms with van der Waals surface area (Å²) >= 11 is 3.12. The first-order valence-corrected chi connectivity index (χ1v) is 31.8. The third-order valence-electron chi connectivity index (χ3n) is 13.8. The maximum atomic E-state index is 14.2. The zero-order valence-corrected chi connectivity index (χ0v) is 48.2. The smallest absolute Gasteiger partial charge is 0.411 e. The van der Waals surface area contributed by atoms with E-state index in [0.29, 0.717) is 47.9 Å². The van der Waals surface area contributed by atoms with Crippen molar-refractivity contribution >= 4 is 80.6 Å². The Labute approximate surface area is 454 Å². The van der Waals surface area contributed by atoms with Gasteiger partial charge in [-0.05, 0) is 157 Å². The lowest BCUT2D eigenvalue weighted by Crippen LogP contribution is -2.40. The minimum atomic E-state index is -3.98. The highest BCUT2D eigenvalue weighted by molar-refractivity contribution is 7.89. The standard InChI is InChI=1S/C54H74N9O9PS3/c1-32(2)70-51(64)58-37-17-12-36(13-18-37)50-56-31-46(75-50)43-24-22-40(28-47(43)76(68,69)63-54(6,7)8)57-48-29-41(61-62-48)16-11-34(5)72-53(66)59-38-19-14-35(15-20-38)49-55-30-45(74-49)42-23-21-39(60-52(65)71-33(3)4)27-44(42)73(67)25-9-10-26-73/h21-24,27-38,63H,9-20,25-26H2,1-8H3,(H,58,64)(H,59,66)(H,60,65)(H2,57,61,62).